The summed E-state index contributed by atoms with van der Waals surface area (Å²) in [5.74, 6) is -1.46. The predicted octanol–water partition coefficient (Wildman–Crippen LogP) is 1.84. The molecule has 1 heterocycles. The van der Waals surface area contributed by atoms with E-state index in [1.54, 1.807) is 19.2 Å². The SMILES string of the molecule is Cn1cc(C(=O)O)c(OCc2cccc(F)c2)n1. The summed E-state index contributed by atoms with van der Waals surface area (Å²) in [6, 6.07) is 5.90. The van der Waals surface area contributed by atoms with Crippen LogP contribution in [0.15, 0.2) is 30.5 Å². The molecule has 1 aromatic carbocycles. The molecule has 0 fully saturated rings. The lowest BCUT2D eigenvalue weighted by Crippen LogP contribution is -2.02. The van der Waals surface area contributed by atoms with Crippen LogP contribution in [-0.2, 0) is 13.7 Å². The number of benzene rings is 1. The van der Waals surface area contributed by atoms with Crippen LogP contribution in [0.25, 0.3) is 0 Å². The third-order valence-electron chi connectivity index (χ3n) is 2.29. The molecule has 5 nitrogen and oxygen atoms in total. The minimum Gasteiger partial charge on any atom is -0.477 e. The van der Waals surface area contributed by atoms with Crippen LogP contribution in [0.3, 0.4) is 0 Å². The van der Waals surface area contributed by atoms with E-state index in [4.69, 9.17) is 9.84 Å². The maximum absolute atomic E-state index is 12.9. The highest BCUT2D eigenvalue weighted by Gasteiger charge is 2.15. The Bertz CT molecular complexity index is 580. The maximum atomic E-state index is 12.9. The van der Waals surface area contributed by atoms with E-state index in [0.717, 1.165) is 0 Å². The number of halogens is 1. The minimum atomic E-state index is -1.11. The Kier molecular flexibility index (Phi) is 3.27. The molecule has 0 atom stereocenters. The zero-order valence-electron chi connectivity index (χ0n) is 9.63. The summed E-state index contributed by atoms with van der Waals surface area (Å²) in [6.45, 7) is 0.0645. The molecule has 0 saturated heterocycles. The van der Waals surface area contributed by atoms with E-state index in [1.807, 2.05) is 0 Å². The number of carboxylic acid groups (broad SMARTS) is 1. The van der Waals surface area contributed by atoms with E-state index in [1.165, 1.54) is 23.0 Å². The number of hydrogen-bond donors (Lipinski definition) is 1. The molecule has 0 aliphatic heterocycles. The Morgan fingerprint density at radius 1 is 1.56 bits per heavy atom. The molecule has 0 bridgehead atoms. The first kappa shape index (κ1) is 12.1. The normalized spacial score (nSPS) is 10.3. The molecule has 0 aliphatic carbocycles. The highest BCUT2D eigenvalue weighted by atomic mass is 19.1. The van der Waals surface area contributed by atoms with E-state index in [2.05, 4.69) is 5.10 Å². The Labute approximate surface area is 102 Å². The van der Waals surface area contributed by atoms with Crippen molar-refractivity contribution in [2.24, 2.45) is 7.05 Å². The largest absolute Gasteiger partial charge is 0.477 e. The van der Waals surface area contributed by atoms with Crippen LogP contribution in [0.4, 0.5) is 4.39 Å². The maximum Gasteiger partial charge on any atom is 0.342 e. The van der Waals surface area contributed by atoms with Crippen molar-refractivity contribution >= 4 is 5.97 Å². The van der Waals surface area contributed by atoms with E-state index in [-0.39, 0.29) is 23.9 Å². The lowest BCUT2D eigenvalue weighted by atomic mass is 10.2. The smallest absolute Gasteiger partial charge is 0.342 e. The second-order valence-corrected chi connectivity index (χ2v) is 3.75. The van der Waals surface area contributed by atoms with Crippen molar-refractivity contribution in [3.05, 3.63) is 47.4 Å². The number of hydrogen-bond acceptors (Lipinski definition) is 3. The molecule has 2 aromatic rings. The van der Waals surface area contributed by atoms with Gasteiger partial charge in [0.1, 0.15) is 18.0 Å². The number of carboxylic acids is 1. The highest BCUT2D eigenvalue weighted by molar-refractivity contribution is 5.89. The van der Waals surface area contributed by atoms with Crippen LogP contribution in [0.1, 0.15) is 15.9 Å². The van der Waals surface area contributed by atoms with Gasteiger partial charge < -0.3 is 9.84 Å². The van der Waals surface area contributed by atoms with Gasteiger partial charge in [-0.25, -0.2) is 9.18 Å². The summed E-state index contributed by atoms with van der Waals surface area (Å²) in [5.41, 5.74) is 0.589. The average Bonchev–Trinajstić information content (AvgIpc) is 2.68. The first-order chi connectivity index (χ1) is 8.56. The van der Waals surface area contributed by atoms with E-state index >= 15 is 0 Å². The molecule has 0 unspecified atom stereocenters. The number of nitrogens with zero attached hydrogens (tertiary/aromatic N) is 2. The fraction of sp³-hybridized carbons (Fsp3) is 0.167. The highest BCUT2D eigenvalue weighted by Crippen LogP contribution is 2.17. The molecule has 6 heteroatoms. The van der Waals surface area contributed by atoms with Gasteiger partial charge in [0.15, 0.2) is 0 Å². The van der Waals surface area contributed by atoms with Crippen molar-refractivity contribution in [3.63, 3.8) is 0 Å². The molecule has 2 rings (SSSR count). The molecule has 0 radical (unpaired) electrons. The van der Waals surface area contributed by atoms with Crippen molar-refractivity contribution in [3.8, 4) is 5.88 Å². The summed E-state index contributed by atoms with van der Waals surface area (Å²) >= 11 is 0. The number of aromatic nitrogens is 2. The van der Waals surface area contributed by atoms with Gasteiger partial charge in [-0.3, -0.25) is 4.68 Å². The fourth-order valence-electron chi connectivity index (χ4n) is 1.50. The Balaban J connectivity index is 2.13. The van der Waals surface area contributed by atoms with Gasteiger partial charge in [0.25, 0.3) is 0 Å². The first-order valence-electron chi connectivity index (χ1n) is 5.20. The van der Waals surface area contributed by atoms with Crippen molar-refractivity contribution in [1.29, 1.82) is 0 Å². The topological polar surface area (TPSA) is 64.4 Å². The first-order valence-corrected chi connectivity index (χ1v) is 5.20. The van der Waals surface area contributed by atoms with E-state index in [0.29, 0.717) is 5.56 Å². The van der Waals surface area contributed by atoms with Crippen LogP contribution >= 0.6 is 0 Å². The zero-order chi connectivity index (χ0) is 13.1. The monoisotopic (exact) mass is 250 g/mol. The number of aryl methyl sites for hydroxylation is 1. The van der Waals surface area contributed by atoms with Gasteiger partial charge in [-0.2, -0.15) is 0 Å². The number of rotatable bonds is 4. The summed E-state index contributed by atoms with van der Waals surface area (Å²) in [5, 5.41) is 12.8. The second kappa shape index (κ2) is 4.87. The van der Waals surface area contributed by atoms with Crippen molar-refractivity contribution in [2.75, 3.05) is 0 Å². The standard InChI is InChI=1S/C12H11FN2O3/c1-15-6-10(12(16)17)11(14-15)18-7-8-3-2-4-9(13)5-8/h2-6H,7H2,1H3,(H,16,17). The predicted molar refractivity (Wildman–Crippen MR) is 60.9 cm³/mol. The molecule has 0 saturated carbocycles. The Morgan fingerprint density at radius 2 is 2.33 bits per heavy atom. The lowest BCUT2D eigenvalue weighted by molar-refractivity contribution is 0.0691. The summed E-state index contributed by atoms with van der Waals surface area (Å²) in [6.07, 6.45) is 1.35. The molecule has 1 N–H and O–H groups in total. The molecule has 0 aliphatic rings. The molecular formula is C12H11FN2O3. The Morgan fingerprint density at radius 3 is 3.00 bits per heavy atom. The molecular weight excluding hydrogens is 239 g/mol. The molecule has 0 spiro atoms. The van der Waals surface area contributed by atoms with Gasteiger partial charge in [-0.1, -0.05) is 12.1 Å². The lowest BCUT2D eigenvalue weighted by Gasteiger charge is -2.04. The van der Waals surface area contributed by atoms with Gasteiger partial charge in [0.05, 0.1) is 0 Å². The molecule has 1 aromatic heterocycles. The number of aromatic carboxylic acids is 1. The molecule has 18 heavy (non-hydrogen) atoms. The van der Waals surface area contributed by atoms with Gasteiger partial charge in [-0.05, 0) is 17.7 Å². The summed E-state index contributed by atoms with van der Waals surface area (Å²) in [4.78, 5) is 10.9. The van der Waals surface area contributed by atoms with Crippen LogP contribution in [-0.4, -0.2) is 20.9 Å². The van der Waals surface area contributed by atoms with Crippen LogP contribution in [0.5, 0.6) is 5.88 Å². The number of ether oxygens (including phenoxy) is 1. The quantitative estimate of drug-likeness (QED) is 0.899. The van der Waals surface area contributed by atoms with Gasteiger partial charge >= 0.3 is 5.97 Å². The minimum absolute atomic E-state index is 0.0195. The van der Waals surface area contributed by atoms with Crippen LogP contribution in [0, 0.1) is 5.82 Å². The van der Waals surface area contributed by atoms with E-state index < -0.39 is 5.97 Å². The fourth-order valence-corrected chi connectivity index (χ4v) is 1.50. The van der Waals surface area contributed by atoms with Gasteiger partial charge in [0.2, 0.25) is 5.88 Å². The van der Waals surface area contributed by atoms with Crippen molar-refractivity contribution in [2.45, 2.75) is 6.61 Å². The molecule has 94 valence electrons. The van der Waals surface area contributed by atoms with Gasteiger partial charge in [-0.15, -0.1) is 5.10 Å². The Hall–Kier alpha value is -2.37. The molecule has 0 amide bonds. The van der Waals surface area contributed by atoms with Crippen molar-refractivity contribution < 1.29 is 19.0 Å². The number of carbonyl (C=O) groups is 1. The summed E-state index contributed by atoms with van der Waals surface area (Å²) in [7, 11) is 1.60. The zero-order valence-corrected chi connectivity index (χ0v) is 9.63. The van der Waals surface area contributed by atoms with E-state index in [9.17, 15) is 9.18 Å². The van der Waals surface area contributed by atoms with Gasteiger partial charge in [0, 0.05) is 13.2 Å². The van der Waals surface area contributed by atoms with Crippen LogP contribution in [0.2, 0.25) is 0 Å². The van der Waals surface area contributed by atoms with Crippen LogP contribution < -0.4 is 4.74 Å². The third-order valence-corrected chi connectivity index (χ3v) is 2.29. The van der Waals surface area contributed by atoms with Crippen molar-refractivity contribution in [1.82, 2.24) is 9.78 Å². The second-order valence-electron chi connectivity index (χ2n) is 3.75. The average molecular weight is 250 g/mol. The summed E-state index contributed by atoms with van der Waals surface area (Å²) < 4.78 is 19.6. The third kappa shape index (κ3) is 2.65.